The molecule has 0 radical (unpaired) electrons. The van der Waals surface area contributed by atoms with Crippen LogP contribution in [-0.4, -0.2) is 73.7 Å². The maximum absolute atomic E-state index is 13.4. The van der Waals surface area contributed by atoms with Crippen LogP contribution in [0, 0.1) is 5.92 Å². The van der Waals surface area contributed by atoms with Crippen LogP contribution in [0.3, 0.4) is 0 Å². The van der Waals surface area contributed by atoms with Crippen LogP contribution in [0.25, 0.3) is 0 Å². The maximum atomic E-state index is 13.4. The minimum Gasteiger partial charge on any atom is -0.497 e. The van der Waals surface area contributed by atoms with Gasteiger partial charge in [0.25, 0.3) is 0 Å². The lowest BCUT2D eigenvalue weighted by Gasteiger charge is -2.38. The molecule has 1 aliphatic heterocycles. The number of nitrogens with zero attached hydrogens (tertiary/aromatic N) is 2. The molecule has 35 heavy (non-hydrogen) atoms. The molecule has 0 saturated carbocycles. The summed E-state index contributed by atoms with van der Waals surface area (Å²) in [5.74, 6) is 0.932. The average Bonchev–Trinajstić information content (AvgIpc) is 2.90. The minimum absolute atomic E-state index is 0.0870. The van der Waals surface area contributed by atoms with Crippen LogP contribution in [0.4, 0.5) is 5.69 Å². The topological polar surface area (TPSA) is 104 Å². The number of methoxy groups -OCH3 is 1. The Labute approximate surface area is 207 Å². The molecule has 1 aliphatic rings. The molecule has 0 bridgehead atoms. The predicted octanol–water partition coefficient (Wildman–Crippen LogP) is 2.65. The highest BCUT2D eigenvalue weighted by Crippen LogP contribution is 2.24. The predicted molar refractivity (Wildman–Crippen MR) is 133 cm³/mol. The summed E-state index contributed by atoms with van der Waals surface area (Å²) in [4.78, 5) is 22.2. The fourth-order valence-electron chi connectivity index (χ4n) is 4.39. The third-order valence-electron chi connectivity index (χ3n) is 6.33. The molecule has 1 heterocycles. The Bertz CT molecular complexity index is 902. The summed E-state index contributed by atoms with van der Waals surface area (Å²) in [5, 5.41) is 19.4. The smallest absolute Gasteiger partial charge is 0.228 e. The molecule has 9 heteroatoms. The fourth-order valence-corrected chi connectivity index (χ4v) is 4.39. The van der Waals surface area contributed by atoms with Gasteiger partial charge < -0.3 is 24.4 Å². The van der Waals surface area contributed by atoms with Gasteiger partial charge in [0, 0.05) is 37.9 Å². The third kappa shape index (κ3) is 7.83. The van der Waals surface area contributed by atoms with E-state index in [-0.39, 0.29) is 12.5 Å². The molecule has 1 saturated heterocycles. The van der Waals surface area contributed by atoms with Crippen molar-refractivity contribution in [2.75, 3.05) is 51.4 Å². The van der Waals surface area contributed by atoms with Crippen molar-refractivity contribution in [1.29, 1.82) is 0 Å². The van der Waals surface area contributed by atoms with Crippen LogP contribution in [-0.2, 0) is 16.1 Å². The molecule has 2 atom stereocenters. The number of hydrogen-bond acceptors (Lipinski definition) is 8. The number of aliphatic hydroxyl groups excluding tert-OH is 1. The van der Waals surface area contributed by atoms with Crippen LogP contribution in [0.15, 0.2) is 48.5 Å². The van der Waals surface area contributed by atoms with Gasteiger partial charge in [0.1, 0.15) is 11.5 Å². The molecule has 0 aromatic heterocycles. The highest BCUT2D eigenvalue weighted by atomic mass is 16.8. The number of hydrogen-bond donors (Lipinski definition) is 3. The lowest BCUT2D eigenvalue weighted by Crippen LogP contribution is -2.52. The van der Waals surface area contributed by atoms with Crippen molar-refractivity contribution in [1.82, 2.24) is 10.5 Å². The average molecular weight is 488 g/mol. The zero-order valence-electron chi connectivity index (χ0n) is 20.6. The Balaban J connectivity index is 1.57. The zero-order chi connectivity index (χ0) is 25.0. The van der Waals surface area contributed by atoms with Crippen LogP contribution in [0.1, 0.15) is 25.3 Å². The third-order valence-corrected chi connectivity index (χ3v) is 6.33. The van der Waals surface area contributed by atoms with E-state index in [1.807, 2.05) is 60.4 Å². The molecule has 3 rings (SSSR count). The van der Waals surface area contributed by atoms with E-state index < -0.39 is 12.0 Å². The van der Waals surface area contributed by atoms with Crippen molar-refractivity contribution >= 4 is 11.6 Å². The Hall–Kier alpha value is -2.85. The number of amides is 1. The van der Waals surface area contributed by atoms with Crippen molar-refractivity contribution < 1.29 is 29.4 Å². The molecule has 9 nitrogen and oxygen atoms in total. The van der Waals surface area contributed by atoms with Gasteiger partial charge in [-0.1, -0.05) is 23.8 Å². The largest absolute Gasteiger partial charge is 0.497 e. The van der Waals surface area contributed by atoms with Crippen molar-refractivity contribution in [2.45, 2.75) is 32.3 Å². The monoisotopic (exact) mass is 487 g/mol. The van der Waals surface area contributed by atoms with Crippen molar-refractivity contribution in [2.24, 2.45) is 5.92 Å². The second-order valence-corrected chi connectivity index (χ2v) is 8.56. The van der Waals surface area contributed by atoms with E-state index in [9.17, 15) is 9.90 Å². The fraction of sp³-hybridized carbons (Fsp3) is 0.500. The standard InChI is InChI=1S/C26H37N3O6/c1-3-34-22-12-10-20(11-13-22)6-4-9-24(25(30)19-35-27-32)26(31)29-16-14-28(15-17-29)21-7-5-8-23(18-21)33-2/h5,7-8,10-13,18,24-25,27,30,32H,3-4,6,9,14-17,19H2,1-2H3/t24-,25-/m1/s1. The first kappa shape index (κ1) is 26.7. The number of nitrogens with one attached hydrogen (secondary N) is 1. The molecule has 3 N–H and O–H groups in total. The Morgan fingerprint density at radius 2 is 1.83 bits per heavy atom. The first-order valence-electron chi connectivity index (χ1n) is 12.1. The van der Waals surface area contributed by atoms with E-state index in [2.05, 4.69) is 4.90 Å². The molecular weight excluding hydrogens is 450 g/mol. The second-order valence-electron chi connectivity index (χ2n) is 8.56. The lowest BCUT2D eigenvalue weighted by molar-refractivity contribution is -0.162. The van der Waals surface area contributed by atoms with Crippen LogP contribution in [0.2, 0.25) is 0 Å². The van der Waals surface area contributed by atoms with Gasteiger partial charge in [0.15, 0.2) is 0 Å². The number of rotatable bonds is 13. The highest BCUT2D eigenvalue weighted by molar-refractivity contribution is 5.79. The molecule has 1 fully saturated rings. The summed E-state index contributed by atoms with van der Waals surface area (Å²) >= 11 is 0. The molecule has 0 unspecified atom stereocenters. The summed E-state index contributed by atoms with van der Waals surface area (Å²) < 4.78 is 10.8. The summed E-state index contributed by atoms with van der Waals surface area (Å²) in [6, 6.07) is 15.8. The number of aliphatic hydroxyl groups is 1. The summed E-state index contributed by atoms with van der Waals surface area (Å²) in [6.45, 7) is 4.92. The minimum atomic E-state index is -1.03. The molecule has 0 aliphatic carbocycles. The van der Waals surface area contributed by atoms with Crippen molar-refractivity contribution in [3.8, 4) is 11.5 Å². The molecule has 2 aromatic carbocycles. The number of benzene rings is 2. The number of carbonyl (C=O) groups excluding carboxylic acids is 1. The van der Waals surface area contributed by atoms with Gasteiger partial charge in [-0.3, -0.25) is 14.8 Å². The summed E-state index contributed by atoms with van der Waals surface area (Å²) in [7, 11) is 1.65. The van der Waals surface area contributed by atoms with E-state index in [1.165, 1.54) is 0 Å². The van der Waals surface area contributed by atoms with Crippen molar-refractivity contribution in [3.63, 3.8) is 0 Å². The second kappa shape index (κ2) is 13.9. The Kier molecular flexibility index (Phi) is 10.6. The van der Waals surface area contributed by atoms with Crippen molar-refractivity contribution in [3.05, 3.63) is 54.1 Å². The first-order valence-corrected chi connectivity index (χ1v) is 12.1. The first-order chi connectivity index (χ1) is 17.0. The molecule has 1 amide bonds. The number of aryl methyl sites for hydroxylation is 1. The normalized spacial score (nSPS) is 15.5. The van der Waals surface area contributed by atoms with E-state index >= 15 is 0 Å². The van der Waals surface area contributed by atoms with E-state index in [1.54, 1.807) is 12.8 Å². The van der Waals surface area contributed by atoms with Crippen LogP contribution < -0.4 is 20.0 Å². The lowest BCUT2D eigenvalue weighted by atomic mass is 9.93. The van der Waals surface area contributed by atoms with Gasteiger partial charge in [0.05, 0.1) is 32.3 Å². The quantitative estimate of drug-likeness (QED) is 0.371. The number of ether oxygens (including phenoxy) is 2. The summed E-state index contributed by atoms with van der Waals surface area (Å²) in [6.07, 6.45) is 1.00. The maximum Gasteiger partial charge on any atom is 0.228 e. The van der Waals surface area contributed by atoms with Gasteiger partial charge >= 0.3 is 0 Å². The van der Waals surface area contributed by atoms with Crippen LogP contribution >= 0.6 is 0 Å². The number of anilines is 1. The molecule has 0 spiro atoms. The molecular formula is C26H37N3O6. The van der Waals surface area contributed by atoms with E-state index in [0.29, 0.717) is 39.2 Å². The molecule has 192 valence electrons. The van der Waals surface area contributed by atoms with E-state index in [0.717, 1.165) is 35.6 Å². The SMILES string of the molecule is CCOc1ccc(CCC[C@@H](C(=O)N2CCN(c3cccc(OC)c3)CC2)[C@H](O)CONO)cc1. The molecule has 2 aromatic rings. The zero-order valence-corrected chi connectivity index (χ0v) is 20.6. The number of piperazine rings is 1. The van der Waals surface area contributed by atoms with Crippen LogP contribution in [0.5, 0.6) is 11.5 Å². The Morgan fingerprint density at radius 3 is 2.49 bits per heavy atom. The van der Waals surface area contributed by atoms with Gasteiger partial charge in [-0.25, -0.2) is 0 Å². The van der Waals surface area contributed by atoms with Gasteiger partial charge in [-0.2, -0.15) is 0 Å². The van der Waals surface area contributed by atoms with Gasteiger partial charge in [-0.15, -0.1) is 0 Å². The number of carbonyl (C=O) groups is 1. The van der Waals surface area contributed by atoms with E-state index in [4.69, 9.17) is 19.5 Å². The highest BCUT2D eigenvalue weighted by Gasteiger charge is 2.32. The summed E-state index contributed by atoms with van der Waals surface area (Å²) in [5.41, 5.74) is 3.80. The Morgan fingerprint density at radius 1 is 1.09 bits per heavy atom. The van der Waals surface area contributed by atoms with Gasteiger partial charge in [-0.05, 0) is 56.0 Å². The van der Waals surface area contributed by atoms with Gasteiger partial charge in [0.2, 0.25) is 5.91 Å².